The lowest BCUT2D eigenvalue weighted by Gasteiger charge is -2.42. The van der Waals surface area contributed by atoms with Gasteiger partial charge in [-0.15, -0.1) is 0 Å². The quantitative estimate of drug-likeness (QED) is 0.807. The molecule has 0 bridgehead atoms. The molecule has 3 rings (SSSR count). The van der Waals surface area contributed by atoms with Crippen LogP contribution in [0.5, 0.6) is 5.75 Å². The number of aliphatic hydroxyl groups excluding tert-OH is 1. The smallest absolute Gasteiger partial charge is 0.268 e. The summed E-state index contributed by atoms with van der Waals surface area (Å²) in [5, 5.41) is 22.4. The molecule has 124 valence electrons. The molecule has 0 radical (unpaired) electrons. The largest absolute Gasteiger partial charge is 0.485 e. The highest BCUT2D eigenvalue weighted by atomic mass is 16.5. The van der Waals surface area contributed by atoms with Gasteiger partial charge in [0, 0.05) is 17.2 Å². The molecule has 0 fully saturated rings. The summed E-state index contributed by atoms with van der Waals surface area (Å²) in [5.74, 6) is 0.462. The van der Waals surface area contributed by atoms with E-state index in [1.54, 1.807) is 32.0 Å². The van der Waals surface area contributed by atoms with Gasteiger partial charge in [-0.1, -0.05) is 0 Å². The first kappa shape index (κ1) is 16.0. The van der Waals surface area contributed by atoms with Crippen LogP contribution in [-0.4, -0.2) is 26.6 Å². The third-order valence-corrected chi connectivity index (χ3v) is 4.25. The van der Waals surface area contributed by atoms with Crippen LogP contribution in [0, 0.1) is 18.3 Å². The molecule has 0 saturated heterocycles. The van der Waals surface area contributed by atoms with Gasteiger partial charge >= 0.3 is 0 Å². The number of aromatic nitrogens is 2. The Labute approximate surface area is 137 Å². The zero-order valence-electron chi connectivity index (χ0n) is 13.5. The maximum Gasteiger partial charge on any atom is 0.268 e. The highest BCUT2D eigenvalue weighted by Crippen LogP contribution is 2.41. The molecular formula is C17H17N3O4. The molecule has 1 aliphatic rings. The van der Waals surface area contributed by atoms with Gasteiger partial charge in [0.05, 0.1) is 11.6 Å². The molecule has 0 unspecified atom stereocenters. The molecule has 1 aromatic heterocycles. The third-order valence-electron chi connectivity index (χ3n) is 4.25. The van der Waals surface area contributed by atoms with Crippen LogP contribution >= 0.6 is 0 Å². The van der Waals surface area contributed by atoms with Crippen LogP contribution in [0.15, 0.2) is 33.9 Å². The summed E-state index contributed by atoms with van der Waals surface area (Å²) in [6, 6.07) is 7.17. The van der Waals surface area contributed by atoms with Crippen molar-refractivity contribution >= 4 is 0 Å². The maximum atomic E-state index is 12.5. The Morgan fingerprint density at radius 1 is 1.33 bits per heavy atom. The van der Waals surface area contributed by atoms with Crippen molar-refractivity contribution in [3.8, 4) is 11.8 Å². The van der Waals surface area contributed by atoms with Crippen LogP contribution in [0.2, 0.25) is 0 Å². The molecule has 0 aliphatic carbocycles. The molecular weight excluding hydrogens is 310 g/mol. The summed E-state index contributed by atoms with van der Waals surface area (Å²) in [6.07, 6.45) is -1.10. The van der Waals surface area contributed by atoms with Gasteiger partial charge in [0.25, 0.3) is 11.1 Å². The Morgan fingerprint density at radius 3 is 2.71 bits per heavy atom. The maximum absolute atomic E-state index is 12.5. The topological polar surface area (TPSA) is 108 Å². The molecule has 7 nitrogen and oxygen atoms in total. The van der Waals surface area contributed by atoms with Crippen LogP contribution in [0.3, 0.4) is 0 Å². The number of aryl methyl sites for hydroxylation is 1. The lowest BCUT2D eigenvalue weighted by atomic mass is 9.86. The van der Waals surface area contributed by atoms with Crippen LogP contribution < -0.4 is 15.9 Å². The van der Waals surface area contributed by atoms with Gasteiger partial charge in [-0.05, 0) is 39.0 Å². The van der Waals surface area contributed by atoms with E-state index in [0.29, 0.717) is 16.9 Å². The molecule has 0 spiro atoms. The zero-order chi connectivity index (χ0) is 17.6. The van der Waals surface area contributed by atoms with Crippen molar-refractivity contribution in [3.05, 3.63) is 61.7 Å². The standard InChI is InChI=1S/C17H17N3O4/c1-9-6-13(21)19-20(16(9)23)14-11-7-10(8-18)4-5-12(11)24-17(2,3)15(14)22/h4-7,14-15,22H,1-3H3,(H,19,21)/t14-,15+/m1/s1. The number of nitrogens with one attached hydrogen (secondary N) is 1. The Hall–Kier alpha value is -2.85. The number of hydrogen-bond donors (Lipinski definition) is 2. The van der Waals surface area contributed by atoms with E-state index in [4.69, 9.17) is 10.00 Å². The summed E-state index contributed by atoms with van der Waals surface area (Å²) < 4.78 is 6.93. The Kier molecular flexibility index (Phi) is 3.57. The highest BCUT2D eigenvalue weighted by molar-refractivity contribution is 5.46. The van der Waals surface area contributed by atoms with Crippen molar-refractivity contribution in [2.45, 2.75) is 38.5 Å². The zero-order valence-corrected chi connectivity index (χ0v) is 13.5. The van der Waals surface area contributed by atoms with Crippen LogP contribution in [0.4, 0.5) is 0 Å². The molecule has 1 aliphatic heterocycles. The molecule has 2 heterocycles. The van der Waals surface area contributed by atoms with Gasteiger partial charge in [0.15, 0.2) is 0 Å². The van der Waals surface area contributed by atoms with Crippen molar-refractivity contribution in [1.29, 1.82) is 5.26 Å². The number of ether oxygens (including phenoxy) is 1. The minimum Gasteiger partial charge on any atom is -0.485 e. The molecule has 7 heteroatoms. The number of benzene rings is 1. The van der Waals surface area contributed by atoms with Gasteiger partial charge in [0.2, 0.25) is 0 Å². The van der Waals surface area contributed by atoms with Crippen molar-refractivity contribution in [2.24, 2.45) is 0 Å². The normalized spacial score (nSPS) is 21.5. The summed E-state index contributed by atoms with van der Waals surface area (Å²) in [5.41, 5.74) is -0.715. The van der Waals surface area contributed by atoms with E-state index >= 15 is 0 Å². The molecule has 2 aromatic rings. The molecule has 1 aromatic carbocycles. The van der Waals surface area contributed by atoms with Crippen LogP contribution in [0.25, 0.3) is 0 Å². The predicted molar refractivity (Wildman–Crippen MR) is 86.1 cm³/mol. The SMILES string of the molecule is Cc1cc(=O)[nH]n([C@@H]2c3cc(C#N)ccc3OC(C)(C)[C@H]2O)c1=O. The first-order chi connectivity index (χ1) is 11.2. The van der Waals surface area contributed by atoms with Crippen molar-refractivity contribution in [1.82, 2.24) is 9.78 Å². The molecule has 2 N–H and O–H groups in total. The number of H-pyrrole nitrogens is 1. The summed E-state index contributed by atoms with van der Waals surface area (Å²) in [4.78, 5) is 24.3. The fourth-order valence-corrected chi connectivity index (χ4v) is 2.96. The number of fused-ring (bicyclic) bond motifs is 1. The minimum atomic E-state index is -1.10. The summed E-state index contributed by atoms with van der Waals surface area (Å²) >= 11 is 0. The van der Waals surface area contributed by atoms with Crippen molar-refractivity contribution in [2.75, 3.05) is 0 Å². The number of rotatable bonds is 1. The number of aromatic amines is 1. The van der Waals surface area contributed by atoms with E-state index in [0.717, 1.165) is 4.68 Å². The van der Waals surface area contributed by atoms with Crippen molar-refractivity contribution in [3.63, 3.8) is 0 Å². The minimum absolute atomic E-state index is 0.272. The van der Waals surface area contributed by atoms with Crippen molar-refractivity contribution < 1.29 is 9.84 Å². The number of nitrogens with zero attached hydrogens (tertiary/aromatic N) is 2. The molecule has 24 heavy (non-hydrogen) atoms. The fraction of sp³-hybridized carbons (Fsp3) is 0.353. The lowest BCUT2D eigenvalue weighted by Crippen LogP contribution is -2.53. The van der Waals surface area contributed by atoms with E-state index in [-0.39, 0.29) is 5.56 Å². The Balaban J connectivity index is 2.33. The predicted octanol–water partition coefficient (Wildman–Crippen LogP) is 0.838. The van der Waals surface area contributed by atoms with E-state index < -0.39 is 28.9 Å². The summed E-state index contributed by atoms with van der Waals surface area (Å²) in [7, 11) is 0. The number of nitriles is 1. The second kappa shape index (κ2) is 5.35. The van der Waals surface area contributed by atoms with Gasteiger partial charge in [-0.2, -0.15) is 5.26 Å². The second-order valence-corrected chi connectivity index (χ2v) is 6.44. The number of hydrogen-bond acceptors (Lipinski definition) is 5. The van der Waals surface area contributed by atoms with Gasteiger partial charge in [-0.3, -0.25) is 14.7 Å². The highest BCUT2D eigenvalue weighted by Gasteiger charge is 2.44. The summed E-state index contributed by atoms with van der Waals surface area (Å²) in [6.45, 7) is 4.94. The average molecular weight is 327 g/mol. The van der Waals surface area contributed by atoms with E-state index in [1.807, 2.05) is 6.07 Å². The Bertz CT molecular complexity index is 965. The van der Waals surface area contributed by atoms with Gasteiger partial charge in [0.1, 0.15) is 23.5 Å². The van der Waals surface area contributed by atoms with E-state index in [2.05, 4.69) is 5.10 Å². The first-order valence-electron chi connectivity index (χ1n) is 7.48. The molecule has 0 amide bonds. The number of aliphatic hydroxyl groups is 1. The molecule has 0 saturated carbocycles. The van der Waals surface area contributed by atoms with Gasteiger partial charge in [-0.25, -0.2) is 4.68 Å². The third kappa shape index (κ3) is 2.41. The van der Waals surface area contributed by atoms with Crippen LogP contribution in [0.1, 0.15) is 36.6 Å². The molecule has 2 atom stereocenters. The van der Waals surface area contributed by atoms with E-state index in [9.17, 15) is 14.7 Å². The van der Waals surface area contributed by atoms with Gasteiger partial charge < -0.3 is 9.84 Å². The Morgan fingerprint density at radius 2 is 2.04 bits per heavy atom. The monoisotopic (exact) mass is 327 g/mol. The lowest BCUT2D eigenvalue weighted by molar-refractivity contribution is -0.0668. The second-order valence-electron chi connectivity index (χ2n) is 6.44. The average Bonchev–Trinajstić information content (AvgIpc) is 2.52. The fourth-order valence-electron chi connectivity index (χ4n) is 2.96. The van der Waals surface area contributed by atoms with Crippen LogP contribution in [-0.2, 0) is 0 Å². The first-order valence-corrected chi connectivity index (χ1v) is 7.48. The van der Waals surface area contributed by atoms with E-state index in [1.165, 1.54) is 13.0 Å².